The van der Waals surface area contributed by atoms with Gasteiger partial charge in [0.2, 0.25) is 0 Å². The molecule has 0 saturated heterocycles. The highest BCUT2D eigenvalue weighted by Crippen LogP contribution is 2.17. The molecule has 19 heavy (non-hydrogen) atoms. The molecule has 0 saturated carbocycles. The van der Waals surface area contributed by atoms with Crippen molar-refractivity contribution in [2.45, 2.75) is 6.54 Å². The lowest BCUT2D eigenvalue weighted by Crippen LogP contribution is -2.20. The van der Waals surface area contributed by atoms with Crippen LogP contribution in [-0.4, -0.2) is 9.55 Å². The van der Waals surface area contributed by atoms with Crippen molar-refractivity contribution in [2.24, 2.45) is 0 Å². The van der Waals surface area contributed by atoms with Crippen molar-refractivity contribution in [3.05, 3.63) is 57.7 Å². The summed E-state index contributed by atoms with van der Waals surface area (Å²) in [6.45, 7) is 0.122. The van der Waals surface area contributed by atoms with Gasteiger partial charge in [0.05, 0.1) is 24.1 Å². The maximum Gasteiger partial charge on any atom is 0.271 e. The summed E-state index contributed by atoms with van der Waals surface area (Å²) in [7, 11) is 0. The number of anilines is 1. The summed E-state index contributed by atoms with van der Waals surface area (Å²) in [5.41, 5.74) is 6.47. The van der Waals surface area contributed by atoms with Crippen LogP contribution >= 0.6 is 11.3 Å². The molecule has 0 bridgehead atoms. The Balaban J connectivity index is 2.08. The smallest absolute Gasteiger partial charge is 0.271 e. The maximum absolute atomic E-state index is 13.8. The highest BCUT2D eigenvalue weighted by atomic mass is 32.1. The second kappa shape index (κ2) is 4.47. The van der Waals surface area contributed by atoms with Gasteiger partial charge in [-0.3, -0.25) is 9.36 Å². The summed E-state index contributed by atoms with van der Waals surface area (Å²) in [6.07, 6.45) is 1.43. The van der Waals surface area contributed by atoms with E-state index in [1.54, 1.807) is 18.2 Å². The van der Waals surface area contributed by atoms with Gasteiger partial charge in [-0.1, -0.05) is 12.1 Å². The summed E-state index contributed by atoms with van der Waals surface area (Å²) < 4.78 is 15.8. The molecule has 2 heterocycles. The molecule has 0 spiro atoms. The monoisotopic (exact) mass is 275 g/mol. The molecule has 0 aliphatic rings. The molecule has 0 radical (unpaired) electrons. The molecule has 0 atom stereocenters. The lowest BCUT2D eigenvalue weighted by molar-refractivity contribution is 0.600. The SMILES string of the molecule is Nc1cccc(Cn2cnc3ccsc3c2=O)c1F. The minimum absolute atomic E-state index is 0.0794. The van der Waals surface area contributed by atoms with Crippen molar-refractivity contribution < 1.29 is 4.39 Å². The molecule has 0 unspecified atom stereocenters. The average Bonchev–Trinajstić information content (AvgIpc) is 2.87. The van der Waals surface area contributed by atoms with E-state index in [1.807, 2.05) is 5.38 Å². The van der Waals surface area contributed by atoms with E-state index in [0.717, 1.165) is 0 Å². The molecule has 3 aromatic rings. The van der Waals surface area contributed by atoms with Crippen LogP contribution in [0.25, 0.3) is 10.2 Å². The van der Waals surface area contributed by atoms with Crippen molar-refractivity contribution >= 4 is 27.2 Å². The van der Waals surface area contributed by atoms with Crippen molar-refractivity contribution in [1.82, 2.24) is 9.55 Å². The van der Waals surface area contributed by atoms with Crippen molar-refractivity contribution in [2.75, 3.05) is 5.73 Å². The number of nitrogen functional groups attached to an aromatic ring is 1. The van der Waals surface area contributed by atoms with E-state index in [0.29, 0.717) is 15.8 Å². The molecule has 0 fully saturated rings. The second-order valence-electron chi connectivity index (χ2n) is 4.13. The first-order chi connectivity index (χ1) is 9.16. The standard InChI is InChI=1S/C13H10FN3OS/c14-11-8(2-1-3-9(11)15)6-17-7-16-10-4-5-19-12(10)13(17)18/h1-5,7H,6,15H2. The summed E-state index contributed by atoms with van der Waals surface area (Å²) >= 11 is 1.33. The second-order valence-corrected chi connectivity index (χ2v) is 5.05. The van der Waals surface area contributed by atoms with Gasteiger partial charge in [0.1, 0.15) is 4.70 Å². The maximum atomic E-state index is 13.8. The van der Waals surface area contributed by atoms with Crippen LogP contribution in [0, 0.1) is 5.82 Å². The van der Waals surface area contributed by atoms with Crippen molar-refractivity contribution in [1.29, 1.82) is 0 Å². The molecule has 0 aliphatic heterocycles. The number of hydrogen-bond acceptors (Lipinski definition) is 4. The molecule has 2 N–H and O–H groups in total. The number of halogens is 1. The van der Waals surface area contributed by atoms with Gasteiger partial charge in [-0.25, -0.2) is 9.37 Å². The van der Waals surface area contributed by atoms with Crippen LogP contribution in [0.15, 0.2) is 40.8 Å². The first-order valence-electron chi connectivity index (χ1n) is 5.62. The molecule has 0 amide bonds. The number of fused-ring (bicyclic) bond motifs is 1. The van der Waals surface area contributed by atoms with E-state index >= 15 is 0 Å². The number of hydrogen-bond donors (Lipinski definition) is 1. The molecule has 6 heteroatoms. The van der Waals surface area contributed by atoms with Gasteiger partial charge in [-0.15, -0.1) is 11.3 Å². The average molecular weight is 275 g/mol. The van der Waals surface area contributed by atoms with Crippen molar-refractivity contribution in [3.63, 3.8) is 0 Å². The highest BCUT2D eigenvalue weighted by molar-refractivity contribution is 7.17. The van der Waals surface area contributed by atoms with E-state index in [1.165, 1.54) is 28.3 Å². The fourth-order valence-electron chi connectivity index (χ4n) is 1.90. The summed E-state index contributed by atoms with van der Waals surface area (Å²) in [6, 6.07) is 6.54. The van der Waals surface area contributed by atoms with E-state index in [4.69, 9.17) is 5.73 Å². The molecule has 96 valence electrons. The molecule has 0 aliphatic carbocycles. The van der Waals surface area contributed by atoms with Gasteiger partial charge >= 0.3 is 0 Å². The molecule has 4 nitrogen and oxygen atoms in total. The Hall–Kier alpha value is -2.21. The topological polar surface area (TPSA) is 60.9 Å². The molecular formula is C13H10FN3OS. The molecule has 1 aromatic carbocycles. The van der Waals surface area contributed by atoms with Gasteiger partial charge in [-0.05, 0) is 17.5 Å². The largest absolute Gasteiger partial charge is 0.396 e. The normalized spacial score (nSPS) is 11.0. The van der Waals surface area contributed by atoms with Crippen LogP contribution < -0.4 is 11.3 Å². The van der Waals surface area contributed by atoms with E-state index in [2.05, 4.69) is 4.98 Å². The van der Waals surface area contributed by atoms with E-state index in [-0.39, 0.29) is 17.8 Å². The van der Waals surface area contributed by atoms with Crippen LogP contribution in [0.2, 0.25) is 0 Å². The Morgan fingerprint density at radius 2 is 2.21 bits per heavy atom. The van der Waals surface area contributed by atoms with Crippen LogP contribution in [0.4, 0.5) is 10.1 Å². The number of thiophene rings is 1. The number of aromatic nitrogens is 2. The zero-order valence-corrected chi connectivity index (χ0v) is 10.7. The molecule has 2 aromatic heterocycles. The Kier molecular flexibility index (Phi) is 2.79. The Morgan fingerprint density at radius 1 is 1.37 bits per heavy atom. The van der Waals surface area contributed by atoms with E-state index < -0.39 is 5.82 Å². The molecule has 3 rings (SSSR count). The molecular weight excluding hydrogens is 265 g/mol. The van der Waals surface area contributed by atoms with Crippen LogP contribution in [-0.2, 0) is 6.54 Å². The zero-order chi connectivity index (χ0) is 13.4. The van der Waals surface area contributed by atoms with Crippen LogP contribution in [0.1, 0.15) is 5.56 Å². The number of nitrogens with two attached hydrogens (primary N) is 1. The zero-order valence-electron chi connectivity index (χ0n) is 9.84. The Bertz CT molecular complexity index is 809. The highest BCUT2D eigenvalue weighted by Gasteiger charge is 2.09. The quantitative estimate of drug-likeness (QED) is 0.729. The predicted octanol–water partition coefficient (Wildman–Crippen LogP) is 2.23. The third-order valence-electron chi connectivity index (χ3n) is 2.89. The number of benzene rings is 1. The predicted molar refractivity (Wildman–Crippen MR) is 73.8 cm³/mol. The summed E-state index contributed by atoms with van der Waals surface area (Å²) in [5, 5.41) is 1.81. The van der Waals surface area contributed by atoms with Gasteiger partial charge in [-0.2, -0.15) is 0 Å². The minimum atomic E-state index is -0.485. The fraction of sp³-hybridized carbons (Fsp3) is 0.0769. The van der Waals surface area contributed by atoms with Crippen LogP contribution in [0.5, 0.6) is 0 Å². The number of nitrogens with zero attached hydrogens (tertiary/aromatic N) is 2. The Labute approximate surface area is 111 Å². The third-order valence-corrected chi connectivity index (χ3v) is 3.78. The van der Waals surface area contributed by atoms with E-state index in [9.17, 15) is 9.18 Å². The lowest BCUT2D eigenvalue weighted by atomic mass is 10.2. The first kappa shape index (κ1) is 11.9. The van der Waals surface area contributed by atoms with Gasteiger partial charge in [0, 0.05) is 5.56 Å². The minimum Gasteiger partial charge on any atom is -0.396 e. The first-order valence-corrected chi connectivity index (χ1v) is 6.50. The fourth-order valence-corrected chi connectivity index (χ4v) is 2.69. The van der Waals surface area contributed by atoms with Crippen molar-refractivity contribution in [3.8, 4) is 0 Å². The van der Waals surface area contributed by atoms with Gasteiger partial charge < -0.3 is 5.73 Å². The summed E-state index contributed by atoms with van der Waals surface area (Å²) in [4.78, 5) is 16.3. The van der Waals surface area contributed by atoms with Gasteiger partial charge in [0.15, 0.2) is 5.82 Å². The van der Waals surface area contributed by atoms with Crippen LogP contribution in [0.3, 0.4) is 0 Å². The lowest BCUT2D eigenvalue weighted by Gasteiger charge is -2.07. The van der Waals surface area contributed by atoms with Gasteiger partial charge in [0.25, 0.3) is 5.56 Å². The third kappa shape index (κ3) is 2.00. The Morgan fingerprint density at radius 3 is 3.05 bits per heavy atom. The summed E-state index contributed by atoms with van der Waals surface area (Å²) in [5.74, 6) is -0.485. The number of rotatable bonds is 2.